The van der Waals surface area contributed by atoms with E-state index in [4.69, 9.17) is 17.3 Å². The van der Waals surface area contributed by atoms with E-state index < -0.39 is 28.9 Å². The molecular weight excluding hydrogens is 425 g/mol. The summed E-state index contributed by atoms with van der Waals surface area (Å²) in [6.07, 6.45) is 0. The summed E-state index contributed by atoms with van der Waals surface area (Å²) in [4.78, 5) is 26.8. The summed E-state index contributed by atoms with van der Waals surface area (Å²) in [5.41, 5.74) is 5.06. The highest BCUT2D eigenvalue weighted by Crippen LogP contribution is 2.36. The van der Waals surface area contributed by atoms with E-state index in [1.54, 1.807) is 13.8 Å². The normalized spacial score (nSPS) is 16.8. The van der Waals surface area contributed by atoms with Crippen LogP contribution in [-0.2, 0) is 6.54 Å². The number of hydrogen-bond acceptors (Lipinski definition) is 4. The van der Waals surface area contributed by atoms with Crippen LogP contribution >= 0.6 is 11.6 Å². The fourth-order valence-electron chi connectivity index (χ4n) is 3.59. The number of rotatable bonds is 3. The molecule has 1 aliphatic heterocycles. The van der Waals surface area contributed by atoms with Gasteiger partial charge in [-0.1, -0.05) is 11.6 Å². The number of fused-ring (bicyclic) bond motifs is 1. The third kappa shape index (κ3) is 4.67. The van der Waals surface area contributed by atoms with Crippen LogP contribution in [0, 0.1) is 5.82 Å². The van der Waals surface area contributed by atoms with Gasteiger partial charge in [-0.25, -0.2) is 9.18 Å². The van der Waals surface area contributed by atoms with Crippen LogP contribution in [-0.4, -0.2) is 49.4 Å². The molecule has 0 saturated carbocycles. The molecule has 0 bridgehead atoms. The summed E-state index contributed by atoms with van der Waals surface area (Å²) in [6, 6.07) is 3.00. The molecule has 1 atom stereocenters. The number of amides is 3. The summed E-state index contributed by atoms with van der Waals surface area (Å²) in [5, 5.41) is 18.1. The number of nitrogens with zero attached hydrogens (tertiary/aromatic N) is 3. The van der Waals surface area contributed by atoms with Crippen molar-refractivity contribution in [1.82, 2.24) is 20.0 Å². The van der Waals surface area contributed by atoms with Crippen LogP contribution < -0.4 is 11.1 Å². The van der Waals surface area contributed by atoms with Crippen molar-refractivity contribution in [3.05, 3.63) is 40.3 Å². The molecule has 2 aromatic rings. The minimum Gasteiger partial charge on any atom is -0.388 e. The maximum atomic E-state index is 13.7. The molecule has 31 heavy (non-hydrogen) atoms. The van der Waals surface area contributed by atoms with Gasteiger partial charge in [0.05, 0.1) is 34.5 Å². The van der Waals surface area contributed by atoms with E-state index in [9.17, 15) is 19.1 Å². The maximum Gasteiger partial charge on any atom is 0.318 e. The first-order valence-electron chi connectivity index (χ1n) is 9.85. The first-order valence-corrected chi connectivity index (χ1v) is 10.2. The van der Waals surface area contributed by atoms with Crippen molar-refractivity contribution < 1.29 is 19.1 Å². The average Bonchev–Trinajstić information content (AvgIpc) is 3.00. The Morgan fingerprint density at radius 1 is 1.29 bits per heavy atom. The van der Waals surface area contributed by atoms with E-state index in [1.807, 2.05) is 20.8 Å². The van der Waals surface area contributed by atoms with Crippen LogP contribution in [0.4, 0.5) is 9.18 Å². The van der Waals surface area contributed by atoms with Gasteiger partial charge in [-0.15, -0.1) is 0 Å². The maximum absolute atomic E-state index is 13.7. The van der Waals surface area contributed by atoms with Gasteiger partial charge < -0.3 is 21.1 Å². The fraction of sp³-hybridized carbons (Fsp3) is 0.476. The molecule has 0 aliphatic carbocycles. The summed E-state index contributed by atoms with van der Waals surface area (Å²) in [6.45, 7) is 9.02. The summed E-state index contributed by atoms with van der Waals surface area (Å²) in [7, 11) is 0. The van der Waals surface area contributed by atoms with Crippen LogP contribution in [0.3, 0.4) is 0 Å². The van der Waals surface area contributed by atoms with Gasteiger partial charge in [-0.05, 0) is 52.8 Å². The summed E-state index contributed by atoms with van der Waals surface area (Å²) >= 11 is 5.92. The van der Waals surface area contributed by atoms with Crippen LogP contribution in [0.2, 0.25) is 5.02 Å². The van der Waals surface area contributed by atoms with E-state index in [-0.39, 0.29) is 35.4 Å². The van der Waals surface area contributed by atoms with Crippen molar-refractivity contribution in [3.63, 3.8) is 0 Å². The Bertz CT molecular complexity index is 1040. The van der Waals surface area contributed by atoms with Gasteiger partial charge in [0, 0.05) is 17.6 Å². The van der Waals surface area contributed by atoms with Gasteiger partial charge in [0.1, 0.15) is 11.5 Å². The smallest absolute Gasteiger partial charge is 0.318 e. The van der Waals surface area contributed by atoms with E-state index >= 15 is 0 Å². The third-order valence-electron chi connectivity index (χ3n) is 5.06. The lowest BCUT2D eigenvalue weighted by Gasteiger charge is -2.40. The van der Waals surface area contributed by atoms with Gasteiger partial charge in [0.15, 0.2) is 0 Å². The number of aliphatic hydroxyl groups is 1. The van der Waals surface area contributed by atoms with Gasteiger partial charge in [-0.2, -0.15) is 5.10 Å². The number of halogens is 2. The summed E-state index contributed by atoms with van der Waals surface area (Å²) in [5.74, 6) is -1.35. The molecule has 0 spiro atoms. The Labute approximate surface area is 185 Å². The predicted octanol–water partition coefficient (Wildman–Crippen LogP) is 3.08. The number of aromatic nitrogens is 2. The van der Waals surface area contributed by atoms with E-state index in [0.717, 1.165) is 0 Å². The highest BCUT2D eigenvalue weighted by molar-refractivity contribution is 6.31. The minimum absolute atomic E-state index is 0.0642. The lowest BCUT2D eigenvalue weighted by molar-refractivity contribution is -0.00500. The number of urea groups is 1. The zero-order chi connectivity index (χ0) is 23.3. The van der Waals surface area contributed by atoms with Gasteiger partial charge in [0.2, 0.25) is 0 Å². The molecule has 168 valence electrons. The van der Waals surface area contributed by atoms with Crippen LogP contribution in [0.15, 0.2) is 18.2 Å². The molecule has 1 aromatic heterocycles. The number of nitrogens with two attached hydrogens (primary N) is 1. The highest BCUT2D eigenvalue weighted by Gasteiger charge is 2.41. The summed E-state index contributed by atoms with van der Waals surface area (Å²) < 4.78 is 15.2. The van der Waals surface area contributed by atoms with Crippen molar-refractivity contribution in [2.75, 3.05) is 6.54 Å². The lowest BCUT2D eigenvalue weighted by Crippen LogP contribution is -2.54. The van der Waals surface area contributed by atoms with Gasteiger partial charge >= 0.3 is 6.03 Å². The topological polar surface area (TPSA) is 113 Å². The fourth-order valence-corrected chi connectivity index (χ4v) is 3.77. The molecule has 3 amide bonds. The van der Waals surface area contributed by atoms with Crippen molar-refractivity contribution in [3.8, 4) is 11.3 Å². The molecule has 10 heteroatoms. The predicted molar refractivity (Wildman–Crippen MR) is 115 cm³/mol. The van der Waals surface area contributed by atoms with Crippen LogP contribution in [0.1, 0.15) is 56.7 Å². The Hall–Kier alpha value is -2.65. The quantitative estimate of drug-likeness (QED) is 0.665. The van der Waals surface area contributed by atoms with E-state index in [0.29, 0.717) is 11.3 Å². The molecule has 0 radical (unpaired) electrons. The molecule has 0 fully saturated rings. The average molecular weight is 452 g/mol. The van der Waals surface area contributed by atoms with Crippen molar-refractivity contribution in [2.45, 2.75) is 58.3 Å². The van der Waals surface area contributed by atoms with Crippen molar-refractivity contribution >= 4 is 23.5 Å². The zero-order valence-electron chi connectivity index (χ0n) is 18.2. The third-order valence-corrected chi connectivity index (χ3v) is 5.35. The number of carbonyl (C=O) groups is 2. The molecule has 1 aromatic carbocycles. The second-order valence-corrected chi connectivity index (χ2v) is 9.75. The molecule has 1 unspecified atom stereocenters. The first kappa shape index (κ1) is 23.0. The SMILES string of the molecule is CC(C)(C)NC(=O)N1Cc2c(C(N)=O)c(-c3ccc(F)c(Cl)c3)nn2C(C(C)(C)O)C1. The standard InChI is InChI=1S/C21H27ClFN5O3/c1-20(2,3)25-19(30)27-9-14-16(18(24)29)17(11-6-7-13(23)12(22)8-11)26-28(14)15(10-27)21(4,5)31/h6-8,15,31H,9-10H2,1-5H3,(H2,24,29)(H,25,30). The van der Waals surface area contributed by atoms with Gasteiger partial charge in [0.25, 0.3) is 5.91 Å². The second-order valence-electron chi connectivity index (χ2n) is 9.34. The molecule has 8 nitrogen and oxygen atoms in total. The van der Waals surface area contributed by atoms with Crippen LogP contribution in [0.5, 0.6) is 0 Å². The van der Waals surface area contributed by atoms with Crippen LogP contribution in [0.25, 0.3) is 11.3 Å². The minimum atomic E-state index is -1.27. The van der Waals surface area contributed by atoms with Gasteiger partial charge in [-0.3, -0.25) is 9.48 Å². The van der Waals surface area contributed by atoms with E-state index in [2.05, 4.69) is 10.4 Å². The Morgan fingerprint density at radius 2 is 1.94 bits per heavy atom. The zero-order valence-corrected chi connectivity index (χ0v) is 18.9. The molecule has 4 N–H and O–H groups in total. The van der Waals surface area contributed by atoms with Crippen molar-refractivity contribution in [2.24, 2.45) is 5.73 Å². The monoisotopic (exact) mass is 451 g/mol. The second kappa shape index (κ2) is 7.80. The number of benzene rings is 1. The van der Waals surface area contributed by atoms with E-state index in [1.165, 1.54) is 27.8 Å². The molecular formula is C21H27ClFN5O3. The Balaban J connectivity index is 2.17. The Morgan fingerprint density at radius 3 is 2.45 bits per heavy atom. The molecule has 2 heterocycles. The Kier molecular flexibility index (Phi) is 5.79. The number of nitrogens with one attached hydrogen (secondary N) is 1. The number of primary amides is 1. The highest BCUT2D eigenvalue weighted by atomic mass is 35.5. The lowest BCUT2D eigenvalue weighted by atomic mass is 9.95. The molecule has 0 saturated heterocycles. The molecule has 1 aliphatic rings. The molecule has 3 rings (SSSR count). The van der Waals surface area contributed by atoms with Crippen molar-refractivity contribution in [1.29, 1.82) is 0 Å². The largest absolute Gasteiger partial charge is 0.388 e. The number of hydrogen-bond donors (Lipinski definition) is 3. The first-order chi connectivity index (χ1) is 14.2. The number of carbonyl (C=O) groups excluding carboxylic acids is 2.